The van der Waals surface area contributed by atoms with Crippen LogP contribution in [-0.2, 0) is 15.1 Å². The summed E-state index contributed by atoms with van der Waals surface area (Å²) in [7, 11) is 3.05. The molecule has 2 aliphatic heterocycles. The standard InChI is InChI=1S/C23H26FN3O4S/c1-30-15-5-7-20(31-2)19(12-15)25-21(28)17-11-14(8-9-32-3)27-23(17)16-10-13(24)4-6-18(16)26-22(23)29/h4-7,10,12,14,17,27H,8-9,11H2,1-3H3,(H,25,28)(H,26,29)/t14-,17-,23-/m0/s1. The third kappa shape index (κ3) is 3.80. The number of ether oxygens (including phenoxy) is 2. The van der Waals surface area contributed by atoms with Crippen LogP contribution in [0.1, 0.15) is 18.4 Å². The van der Waals surface area contributed by atoms with E-state index in [-0.39, 0.29) is 17.9 Å². The summed E-state index contributed by atoms with van der Waals surface area (Å²) >= 11 is 1.70. The van der Waals surface area contributed by atoms with Crippen LogP contribution in [0.15, 0.2) is 36.4 Å². The first-order valence-corrected chi connectivity index (χ1v) is 11.7. The van der Waals surface area contributed by atoms with Crippen molar-refractivity contribution >= 4 is 35.0 Å². The number of rotatable bonds is 7. The molecule has 2 amide bonds. The van der Waals surface area contributed by atoms with Crippen molar-refractivity contribution < 1.29 is 23.5 Å². The molecular formula is C23H26FN3O4S. The maximum atomic E-state index is 14.2. The van der Waals surface area contributed by atoms with Gasteiger partial charge in [-0.25, -0.2) is 4.39 Å². The van der Waals surface area contributed by atoms with Crippen molar-refractivity contribution in [3.8, 4) is 11.5 Å². The van der Waals surface area contributed by atoms with E-state index in [1.54, 1.807) is 30.0 Å². The average molecular weight is 460 g/mol. The lowest BCUT2D eigenvalue weighted by Crippen LogP contribution is -2.52. The maximum absolute atomic E-state index is 14.2. The fourth-order valence-corrected chi connectivity index (χ4v) is 5.13. The van der Waals surface area contributed by atoms with Crippen molar-refractivity contribution in [1.29, 1.82) is 0 Å². The van der Waals surface area contributed by atoms with Gasteiger partial charge in [0.25, 0.3) is 0 Å². The first kappa shape index (κ1) is 22.4. The molecule has 0 bridgehead atoms. The van der Waals surface area contributed by atoms with E-state index in [1.807, 2.05) is 6.26 Å². The second-order valence-corrected chi connectivity index (χ2v) is 8.90. The summed E-state index contributed by atoms with van der Waals surface area (Å²) in [5, 5.41) is 9.13. The van der Waals surface area contributed by atoms with Gasteiger partial charge < -0.3 is 20.1 Å². The van der Waals surface area contributed by atoms with Gasteiger partial charge in [-0.3, -0.25) is 14.9 Å². The number of thioether (sulfide) groups is 1. The van der Waals surface area contributed by atoms with Crippen LogP contribution in [0.2, 0.25) is 0 Å². The molecule has 1 fully saturated rings. The van der Waals surface area contributed by atoms with Crippen LogP contribution in [0.4, 0.5) is 15.8 Å². The molecule has 0 radical (unpaired) electrons. The molecule has 1 spiro atoms. The average Bonchev–Trinajstić information content (AvgIpc) is 3.31. The highest BCUT2D eigenvalue weighted by Gasteiger charge is 2.60. The van der Waals surface area contributed by atoms with Crippen molar-refractivity contribution in [2.75, 3.05) is 36.9 Å². The lowest BCUT2D eigenvalue weighted by molar-refractivity contribution is -0.130. The Hall–Kier alpha value is -2.78. The molecule has 0 saturated carbocycles. The van der Waals surface area contributed by atoms with Crippen molar-refractivity contribution in [2.45, 2.75) is 24.4 Å². The monoisotopic (exact) mass is 459 g/mol. The molecule has 0 unspecified atom stereocenters. The molecule has 0 aromatic heterocycles. The van der Waals surface area contributed by atoms with Crippen molar-refractivity contribution in [1.82, 2.24) is 5.32 Å². The predicted octanol–water partition coefficient (Wildman–Crippen LogP) is 3.36. The lowest BCUT2D eigenvalue weighted by Gasteiger charge is -2.29. The molecule has 2 aliphatic rings. The quantitative estimate of drug-likeness (QED) is 0.589. The SMILES string of the molecule is COc1ccc(OC)c(NC(=O)[C@@H]2C[C@H](CCSC)N[C@]23C(=O)Nc2ccc(F)cc23)c1. The number of hydrogen-bond donors (Lipinski definition) is 3. The van der Waals surface area contributed by atoms with Crippen molar-refractivity contribution in [3.05, 3.63) is 47.8 Å². The smallest absolute Gasteiger partial charge is 0.250 e. The predicted molar refractivity (Wildman–Crippen MR) is 123 cm³/mol. The van der Waals surface area contributed by atoms with Gasteiger partial charge in [0.1, 0.15) is 22.9 Å². The van der Waals surface area contributed by atoms with Gasteiger partial charge in [0.2, 0.25) is 11.8 Å². The fourth-order valence-electron chi connectivity index (χ4n) is 4.61. The summed E-state index contributed by atoms with van der Waals surface area (Å²) in [4.78, 5) is 26.8. The first-order chi connectivity index (χ1) is 15.4. The van der Waals surface area contributed by atoms with E-state index in [0.29, 0.717) is 34.9 Å². The number of benzene rings is 2. The lowest BCUT2D eigenvalue weighted by atomic mass is 9.79. The number of carbonyl (C=O) groups is 2. The number of methoxy groups -OCH3 is 2. The van der Waals surface area contributed by atoms with Crippen LogP contribution in [0, 0.1) is 11.7 Å². The second-order valence-electron chi connectivity index (χ2n) is 7.92. The van der Waals surface area contributed by atoms with Crippen LogP contribution in [0.3, 0.4) is 0 Å². The molecule has 2 aromatic rings. The molecule has 1 saturated heterocycles. The summed E-state index contributed by atoms with van der Waals surface area (Å²) in [6, 6.07) is 9.21. The number of carbonyl (C=O) groups excluding carboxylic acids is 2. The first-order valence-electron chi connectivity index (χ1n) is 10.3. The largest absolute Gasteiger partial charge is 0.497 e. The zero-order chi connectivity index (χ0) is 22.9. The topological polar surface area (TPSA) is 88.7 Å². The van der Waals surface area contributed by atoms with Crippen LogP contribution in [-0.4, -0.2) is 44.1 Å². The maximum Gasteiger partial charge on any atom is 0.250 e. The molecular weight excluding hydrogens is 433 g/mol. The molecule has 32 heavy (non-hydrogen) atoms. The van der Waals surface area contributed by atoms with Gasteiger partial charge in [0.15, 0.2) is 0 Å². The molecule has 2 aromatic carbocycles. The van der Waals surface area contributed by atoms with Crippen molar-refractivity contribution in [2.24, 2.45) is 5.92 Å². The molecule has 9 heteroatoms. The fraction of sp³-hybridized carbons (Fsp3) is 0.391. The van der Waals surface area contributed by atoms with Gasteiger partial charge in [0, 0.05) is 23.4 Å². The van der Waals surface area contributed by atoms with E-state index in [1.165, 1.54) is 32.4 Å². The van der Waals surface area contributed by atoms with Gasteiger partial charge in [-0.2, -0.15) is 11.8 Å². The van der Waals surface area contributed by atoms with E-state index in [0.717, 1.165) is 12.2 Å². The van der Waals surface area contributed by atoms with Gasteiger partial charge in [-0.15, -0.1) is 0 Å². The van der Waals surface area contributed by atoms with Crippen LogP contribution in [0.5, 0.6) is 11.5 Å². The summed E-state index contributed by atoms with van der Waals surface area (Å²) in [5.41, 5.74) is 0.0898. The number of fused-ring (bicyclic) bond motifs is 2. The number of nitrogens with one attached hydrogen (secondary N) is 3. The normalized spacial score (nSPS) is 23.7. The minimum absolute atomic E-state index is 0.0645. The minimum atomic E-state index is -1.34. The number of halogens is 1. The van der Waals surface area contributed by atoms with Gasteiger partial charge in [0.05, 0.1) is 25.8 Å². The highest BCUT2D eigenvalue weighted by atomic mass is 32.2. The molecule has 3 N–H and O–H groups in total. The Balaban J connectivity index is 1.72. The number of hydrogen-bond acceptors (Lipinski definition) is 6. The number of anilines is 2. The Morgan fingerprint density at radius 2 is 2.06 bits per heavy atom. The highest BCUT2D eigenvalue weighted by molar-refractivity contribution is 7.98. The highest BCUT2D eigenvalue weighted by Crippen LogP contribution is 2.48. The third-order valence-electron chi connectivity index (χ3n) is 6.14. The van der Waals surface area contributed by atoms with E-state index in [2.05, 4.69) is 16.0 Å². The Labute approximate surface area is 190 Å². The van der Waals surface area contributed by atoms with E-state index < -0.39 is 17.3 Å². The van der Waals surface area contributed by atoms with Crippen molar-refractivity contribution in [3.63, 3.8) is 0 Å². The Morgan fingerprint density at radius 1 is 1.25 bits per heavy atom. The molecule has 7 nitrogen and oxygen atoms in total. The zero-order valence-corrected chi connectivity index (χ0v) is 19.0. The Bertz CT molecular complexity index is 1050. The second kappa shape index (κ2) is 8.99. The number of amides is 2. The zero-order valence-electron chi connectivity index (χ0n) is 18.2. The Kier molecular flexibility index (Phi) is 6.30. The van der Waals surface area contributed by atoms with E-state index in [9.17, 15) is 14.0 Å². The molecule has 4 rings (SSSR count). The van der Waals surface area contributed by atoms with Gasteiger partial charge in [-0.05, 0) is 55.2 Å². The van der Waals surface area contributed by atoms with Gasteiger partial charge >= 0.3 is 0 Å². The summed E-state index contributed by atoms with van der Waals surface area (Å²) in [6.07, 6.45) is 3.24. The van der Waals surface area contributed by atoms with Crippen LogP contribution >= 0.6 is 11.8 Å². The van der Waals surface area contributed by atoms with E-state index in [4.69, 9.17) is 9.47 Å². The molecule has 3 atom stereocenters. The summed E-state index contributed by atoms with van der Waals surface area (Å²) in [6.45, 7) is 0. The van der Waals surface area contributed by atoms with E-state index >= 15 is 0 Å². The molecule has 0 aliphatic carbocycles. The van der Waals surface area contributed by atoms with Gasteiger partial charge in [-0.1, -0.05) is 0 Å². The summed E-state index contributed by atoms with van der Waals surface area (Å²) < 4.78 is 24.8. The van der Waals surface area contributed by atoms with Crippen LogP contribution in [0.25, 0.3) is 0 Å². The molecule has 170 valence electrons. The van der Waals surface area contributed by atoms with Crippen LogP contribution < -0.4 is 25.4 Å². The molecule has 2 heterocycles. The summed E-state index contributed by atoms with van der Waals surface area (Å²) in [5.74, 6) is 0.0229. The third-order valence-corrected chi connectivity index (χ3v) is 6.78. The Morgan fingerprint density at radius 3 is 2.78 bits per heavy atom. The minimum Gasteiger partial charge on any atom is -0.497 e.